The summed E-state index contributed by atoms with van der Waals surface area (Å²) in [7, 11) is -3.61. The van der Waals surface area contributed by atoms with E-state index in [-0.39, 0.29) is 23.3 Å². The van der Waals surface area contributed by atoms with Crippen LogP contribution in [0.2, 0.25) is 0 Å². The summed E-state index contributed by atoms with van der Waals surface area (Å²) in [4.78, 5) is 27.4. The number of benzene rings is 2. The van der Waals surface area contributed by atoms with E-state index in [0.717, 1.165) is 24.8 Å². The molecule has 4 rings (SSSR count). The van der Waals surface area contributed by atoms with Crippen LogP contribution in [0, 0.1) is 0 Å². The van der Waals surface area contributed by atoms with Crippen LogP contribution < -0.4 is 10.2 Å². The molecule has 2 aromatic rings. The molecule has 0 aromatic heterocycles. The first-order valence-corrected chi connectivity index (χ1v) is 12.9. The molecule has 1 fully saturated rings. The van der Waals surface area contributed by atoms with Gasteiger partial charge in [-0.05, 0) is 62.4 Å². The second-order valence-corrected chi connectivity index (χ2v) is 11.2. The molecule has 0 radical (unpaired) electrons. The Bertz CT molecular complexity index is 1140. The zero-order valence-corrected chi connectivity index (χ0v) is 20.0. The highest BCUT2D eigenvalue weighted by atomic mass is 32.2. The van der Waals surface area contributed by atoms with E-state index in [1.807, 2.05) is 30.3 Å². The molecule has 0 aliphatic carbocycles. The van der Waals surface area contributed by atoms with E-state index < -0.39 is 15.4 Å². The Morgan fingerprint density at radius 1 is 1.03 bits per heavy atom. The minimum absolute atomic E-state index is 0.0950. The molecular weight excluding hydrogens is 438 g/mol. The van der Waals surface area contributed by atoms with Gasteiger partial charge in [0.2, 0.25) is 21.8 Å². The Balaban J connectivity index is 1.49. The molecule has 2 aliphatic heterocycles. The summed E-state index contributed by atoms with van der Waals surface area (Å²) in [6.45, 7) is 4.99. The van der Waals surface area contributed by atoms with Gasteiger partial charge in [0.15, 0.2) is 0 Å². The van der Waals surface area contributed by atoms with Gasteiger partial charge in [-0.3, -0.25) is 9.59 Å². The predicted molar refractivity (Wildman–Crippen MR) is 128 cm³/mol. The van der Waals surface area contributed by atoms with Crippen LogP contribution >= 0.6 is 0 Å². The summed E-state index contributed by atoms with van der Waals surface area (Å²) in [6.07, 6.45) is 3.48. The quantitative estimate of drug-likeness (QED) is 0.676. The molecule has 176 valence electrons. The number of nitrogens with zero attached hydrogens (tertiary/aromatic N) is 2. The van der Waals surface area contributed by atoms with Crippen LogP contribution in [0.1, 0.15) is 44.2 Å². The maximum Gasteiger partial charge on any atom is 0.243 e. The Hall–Kier alpha value is -2.71. The van der Waals surface area contributed by atoms with Crippen LogP contribution in [-0.2, 0) is 31.4 Å². The minimum Gasteiger partial charge on any atom is -0.354 e. The second-order valence-electron chi connectivity index (χ2n) is 9.25. The van der Waals surface area contributed by atoms with Crippen molar-refractivity contribution in [1.82, 2.24) is 9.62 Å². The normalized spacial score (nSPS) is 18.2. The third-order valence-electron chi connectivity index (χ3n) is 6.55. The number of fused-ring (bicyclic) bond motifs is 1. The lowest BCUT2D eigenvalue weighted by atomic mass is 9.86. The topological polar surface area (TPSA) is 86.8 Å². The van der Waals surface area contributed by atoms with Gasteiger partial charge in [0, 0.05) is 25.3 Å². The highest BCUT2D eigenvalue weighted by Gasteiger charge is 2.45. The van der Waals surface area contributed by atoms with Gasteiger partial charge in [0.25, 0.3) is 0 Å². The van der Waals surface area contributed by atoms with E-state index in [2.05, 4.69) is 5.32 Å². The average Bonchev–Trinajstić information content (AvgIpc) is 3.00. The van der Waals surface area contributed by atoms with Gasteiger partial charge in [-0.2, -0.15) is 4.31 Å². The van der Waals surface area contributed by atoms with Crippen molar-refractivity contribution in [3.8, 4) is 0 Å². The molecule has 2 aliphatic rings. The van der Waals surface area contributed by atoms with Crippen molar-refractivity contribution in [2.24, 2.45) is 0 Å². The van der Waals surface area contributed by atoms with Crippen molar-refractivity contribution in [2.45, 2.75) is 49.8 Å². The average molecular weight is 470 g/mol. The fraction of sp³-hybridized carbons (Fsp3) is 0.440. The zero-order chi connectivity index (χ0) is 23.6. The highest BCUT2D eigenvalue weighted by Crippen LogP contribution is 2.42. The van der Waals surface area contributed by atoms with Gasteiger partial charge in [0.05, 0.1) is 10.3 Å². The number of hydrogen-bond acceptors (Lipinski definition) is 4. The highest BCUT2D eigenvalue weighted by molar-refractivity contribution is 7.89. The van der Waals surface area contributed by atoms with Crippen LogP contribution in [0.3, 0.4) is 0 Å². The number of nitrogens with one attached hydrogen (secondary N) is 1. The standard InChI is InChI=1S/C25H31N3O4S/c1-25(2)21-17-20(33(31,32)27-15-7-4-8-16-27)11-12-22(21)28(24(25)30)18-23(29)26-14-13-19-9-5-3-6-10-19/h3,5-6,9-12,17H,4,7-8,13-16,18H2,1-2H3,(H,26,29). The van der Waals surface area contributed by atoms with Gasteiger partial charge < -0.3 is 10.2 Å². The van der Waals surface area contributed by atoms with Crippen LogP contribution in [0.25, 0.3) is 0 Å². The van der Waals surface area contributed by atoms with Crippen molar-refractivity contribution in [2.75, 3.05) is 31.1 Å². The number of anilines is 1. The largest absolute Gasteiger partial charge is 0.354 e. The van der Waals surface area contributed by atoms with E-state index >= 15 is 0 Å². The van der Waals surface area contributed by atoms with Gasteiger partial charge in [-0.1, -0.05) is 36.8 Å². The minimum atomic E-state index is -3.61. The Morgan fingerprint density at radius 3 is 2.42 bits per heavy atom. The summed E-state index contributed by atoms with van der Waals surface area (Å²) >= 11 is 0. The molecule has 0 bridgehead atoms. The first-order valence-electron chi connectivity index (χ1n) is 11.5. The zero-order valence-electron chi connectivity index (χ0n) is 19.2. The second kappa shape index (κ2) is 9.27. The number of carbonyl (C=O) groups excluding carboxylic acids is 2. The summed E-state index contributed by atoms with van der Waals surface area (Å²) in [5.74, 6) is -0.448. The van der Waals surface area contributed by atoms with Crippen molar-refractivity contribution in [1.29, 1.82) is 0 Å². The van der Waals surface area contributed by atoms with Gasteiger partial charge in [0.1, 0.15) is 6.54 Å². The maximum absolute atomic E-state index is 13.2. The monoisotopic (exact) mass is 469 g/mol. The number of piperidine rings is 1. The predicted octanol–water partition coefficient (Wildman–Crippen LogP) is 2.84. The van der Waals surface area contributed by atoms with Crippen LogP contribution in [0.4, 0.5) is 5.69 Å². The lowest BCUT2D eigenvalue weighted by Gasteiger charge is -2.26. The molecule has 1 N–H and O–H groups in total. The molecular formula is C25H31N3O4S. The van der Waals surface area contributed by atoms with Crippen molar-refractivity contribution in [3.05, 3.63) is 59.7 Å². The van der Waals surface area contributed by atoms with E-state index in [1.54, 1.807) is 32.0 Å². The Kier molecular flexibility index (Phi) is 6.59. The fourth-order valence-electron chi connectivity index (χ4n) is 4.58. The molecule has 0 atom stereocenters. The molecule has 7 nitrogen and oxygen atoms in total. The first-order chi connectivity index (χ1) is 15.7. The van der Waals surface area contributed by atoms with Crippen LogP contribution in [0.15, 0.2) is 53.4 Å². The van der Waals surface area contributed by atoms with Crippen molar-refractivity contribution in [3.63, 3.8) is 0 Å². The van der Waals surface area contributed by atoms with Gasteiger partial charge in [-0.15, -0.1) is 0 Å². The number of amides is 2. The van der Waals surface area contributed by atoms with E-state index in [4.69, 9.17) is 0 Å². The fourth-order valence-corrected chi connectivity index (χ4v) is 6.12. The molecule has 33 heavy (non-hydrogen) atoms. The van der Waals surface area contributed by atoms with E-state index in [9.17, 15) is 18.0 Å². The number of carbonyl (C=O) groups is 2. The molecule has 2 amide bonds. The number of hydrogen-bond donors (Lipinski definition) is 1. The van der Waals surface area contributed by atoms with Gasteiger partial charge >= 0.3 is 0 Å². The molecule has 2 aromatic carbocycles. The van der Waals surface area contributed by atoms with Crippen molar-refractivity contribution >= 4 is 27.5 Å². The van der Waals surface area contributed by atoms with E-state index in [0.29, 0.717) is 37.3 Å². The molecule has 1 saturated heterocycles. The summed E-state index contributed by atoms with van der Waals surface area (Å²) in [5, 5.41) is 2.88. The summed E-state index contributed by atoms with van der Waals surface area (Å²) in [5.41, 5.74) is 1.46. The molecule has 0 spiro atoms. The SMILES string of the molecule is CC1(C)C(=O)N(CC(=O)NCCc2ccccc2)c2ccc(S(=O)(=O)N3CCCCC3)cc21. The first kappa shape index (κ1) is 23.4. The Labute approximate surface area is 195 Å². The Morgan fingerprint density at radius 2 is 1.73 bits per heavy atom. The summed E-state index contributed by atoms with van der Waals surface area (Å²) < 4.78 is 27.8. The number of rotatable bonds is 7. The lowest BCUT2D eigenvalue weighted by Crippen LogP contribution is -2.43. The molecule has 8 heteroatoms. The molecule has 0 unspecified atom stereocenters. The third kappa shape index (κ3) is 4.68. The summed E-state index contributed by atoms with van der Waals surface area (Å²) in [6, 6.07) is 14.7. The maximum atomic E-state index is 13.2. The molecule has 2 heterocycles. The molecule has 0 saturated carbocycles. The van der Waals surface area contributed by atoms with Gasteiger partial charge in [-0.25, -0.2) is 8.42 Å². The number of sulfonamides is 1. The van der Waals surface area contributed by atoms with Crippen LogP contribution in [-0.4, -0.2) is 50.7 Å². The lowest BCUT2D eigenvalue weighted by molar-refractivity contribution is -0.125. The third-order valence-corrected chi connectivity index (χ3v) is 8.44. The van der Waals surface area contributed by atoms with E-state index in [1.165, 1.54) is 9.21 Å². The smallest absolute Gasteiger partial charge is 0.243 e. The van der Waals surface area contributed by atoms with Crippen molar-refractivity contribution < 1.29 is 18.0 Å². The van der Waals surface area contributed by atoms with Crippen LogP contribution in [0.5, 0.6) is 0 Å².